The summed E-state index contributed by atoms with van der Waals surface area (Å²) in [5.41, 5.74) is -2.69. The quantitative estimate of drug-likeness (QED) is 0.384. The van der Waals surface area contributed by atoms with Gasteiger partial charge < -0.3 is 19.8 Å². The molecule has 0 radical (unpaired) electrons. The van der Waals surface area contributed by atoms with E-state index in [1.807, 2.05) is 0 Å². The summed E-state index contributed by atoms with van der Waals surface area (Å²) in [7, 11) is 1.76. The van der Waals surface area contributed by atoms with Crippen LogP contribution in [0.3, 0.4) is 0 Å². The van der Waals surface area contributed by atoms with Gasteiger partial charge >= 0.3 is 0 Å². The molecule has 2 aromatic heterocycles. The van der Waals surface area contributed by atoms with Gasteiger partial charge in [0.15, 0.2) is 0 Å². The van der Waals surface area contributed by atoms with Crippen LogP contribution in [0.2, 0.25) is 0 Å². The first-order valence-corrected chi connectivity index (χ1v) is 11.6. The number of halogens is 5. The molecule has 0 saturated heterocycles. The van der Waals surface area contributed by atoms with E-state index >= 15 is 0 Å². The predicted molar refractivity (Wildman–Crippen MR) is 126 cm³/mol. The molecule has 37 heavy (non-hydrogen) atoms. The zero-order chi connectivity index (χ0) is 27.1. The van der Waals surface area contributed by atoms with Crippen LogP contribution in [0.4, 0.5) is 27.6 Å². The second-order valence-electron chi connectivity index (χ2n) is 9.26. The van der Waals surface area contributed by atoms with Crippen molar-refractivity contribution in [3.63, 3.8) is 0 Å². The van der Waals surface area contributed by atoms with E-state index in [2.05, 4.69) is 15.6 Å². The Morgan fingerprint density at radius 2 is 1.78 bits per heavy atom. The Labute approximate surface area is 209 Å². The molecule has 0 bridgehead atoms. The monoisotopic (exact) mass is 523 g/mol. The van der Waals surface area contributed by atoms with Gasteiger partial charge in [-0.3, -0.25) is 9.59 Å². The molecule has 4 rings (SSSR count). The highest BCUT2D eigenvalue weighted by Gasteiger charge is 2.53. The van der Waals surface area contributed by atoms with E-state index in [0.29, 0.717) is 0 Å². The lowest BCUT2D eigenvalue weighted by atomic mass is 10.0. The largest absolute Gasteiger partial charge is 0.376 e. The normalized spacial score (nSPS) is 16.1. The number of hydrogen-bond donors (Lipinski definition) is 2. The van der Waals surface area contributed by atoms with Crippen LogP contribution in [0.5, 0.6) is 0 Å². The lowest BCUT2D eigenvalue weighted by Gasteiger charge is -2.23. The van der Waals surface area contributed by atoms with Crippen molar-refractivity contribution in [2.75, 3.05) is 5.32 Å². The van der Waals surface area contributed by atoms with Crippen molar-refractivity contribution in [3.05, 3.63) is 81.5 Å². The van der Waals surface area contributed by atoms with Crippen molar-refractivity contribution >= 4 is 11.6 Å². The topological polar surface area (TPSA) is 81.0 Å². The highest BCUT2D eigenvalue weighted by atomic mass is 19.3. The standard InChI is InChI=1S/C25H26F5N5O2/c1-13(15-5-4-6-16(21(15)26)22(27)28)33-23(37)17-11-35(25(7-8-25)24(29)30)20(36)9-18(17)32-14(2)19-10-31-12-34(19)3/h4-6,9-14,22,24,32H,7-8H2,1-3H3,(H,33,37). The Kier molecular flexibility index (Phi) is 7.11. The third-order valence-corrected chi connectivity index (χ3v) is 6.72. The first-order valence-electron chi connectivity index (χ1n) is 11.6. The SMILES string of the molecule is CC(NC(=O)c1cn(C2(C(F)F)CC2)c(=O)cc1NC(C)c1cncn1C)c1cccc(C(F)F)c1F. The van der Waals surface area contributed by atoms with Crippen molar-refractivity contribution in [2.24, 2.45) is 7.05 Å². The average Bonchev–Trinajstić information content (AvgIpc) is 3.53. The average molecular weight is 524 g/mol. The first-order chi connectivity index (χ1) is 17.5. The maximum Gasteiger partial charge on any atom is 0.266 e. The van der Waals surface area contributed by atoms with E-state index in [1.165, 1.54) is 19.1 Å². The summed E-state index contributed by atoms with van der Waals surface area (Å²) >= 11 is 0. The molecule has 198 valence electrons. The van der Waals surface area contributed by atoms with Crippen molar-refractivity contribution < 1.29 is 26.7 Å². The number of carbonyl (C=O) groups excluding carboxylic acids is 1. The van der Waals surface area contributed by atoms with E-state index in [4.69, 9.17) is 0 Å². The Morgan fingerprint density at radius 3 is 2.35 bits per heavy atom. The van der Waals surface area contributed by atoms with E-state index in [1.54, 1.807) is 31.1 Å². The molecule has 1 aliphatic rings. The van der Waals surface area contributed by atoms with Crippen LogP contribution in [0, 0.1) is 5.82 Å². The minimum Gasteiger partial charge on any atom is -0.376 e. The van der Waals surface area contributed by atoms with Gasteiger partial charge in [-0.25, -0.2) is 26.9 Å². The maximum absolute atomic E-state index is 14.7. The van der Waals surface area contributed by atoms with Crippen molar-refractivity contribution in [3.8, 4) is 0 Å². The molecule has 2 unspecified atom stereocenters. The van der Waals surface area contributed by atoms with Gasteiger partial charge in [0.1, 0.15) is 11.4 Å². The predicted octanol–water partition coefficient (Wildman–Crippen LogP) is 5.08. The summed E-state index contributed by atoms with van der Waals surface area (Å²) in [6, 6.07) is 3.08. The molecule has 0 aliphatic heterocycles. The molecular formula is C25H26F5N5O2. The number of alkyl halides is 4. The van der Waals surface area contributed by atoms with Crippen molar-refractivity contribution in [1.29, 1.82) is 0 Å². The number of carbonyl (C=O) groups is 1. The Bertz CT molecular complexity index is 1370. The van der Waals surface area contributed by atoms with Crippen LogP contribution in [0.1, 0.15) is 72.4 Å². The minimum absolute atomic E-state index is 0.0753. The van der Waals surface area contributed by atoms with Gasteiger partial charge in [-0.05, 0) is 26.7 Å². The third-order valence-electron chi connectivity index (χ3n) is 6.72. The molecule has 2 heterocycles. The number of hydrogen-bond acceptors (Lipinski definition) is 4. The fourth-order valence-corrected chi connectivity index (χ4v) is 4.39. The zero-order valence-electron chi connectivity index (χ0n) is 20.3. The first kappa shape index (κ1) is 26.4. The van der Waals surface area contributed by atoms with Gasteiger partial charge in [-0.1, -0.05) is 18.2 Å². The number of aromatic nitrogens is 3. The number of nitrogens with one attached hydrogen (secondary N) is 2. The number of anilines is 1. The fraction of sp³-hybridized carbons (Fsp3) is 0.400. The Balaban J connectivity index is 1.71. The maximum atomic E-state index is 14.7. The van der Waals surface area contributed by atoms with E-state index in [-0.39, 0.29) is 29.7 Å². The lowest BCUT2D eigenvalue weighted by Crippen LogP contribution is -2.37. The van der Waals surface area contributed by atoms with Crippen molar-refractivity contribution in [2.45, 2.75) is 57.2 Å². The Morgan fingerprint density at radius 1 is 1.11 bits per heavy atom. The molecule has 1 saturated carbocycles. The van der Waals surface area contributed by atoms with Crippen LogP contribution in [0.15, 0.2) is 47.8 Å². The number of rotatable bonds is 9. The van der Waals surface area contributed by atoms with Crippen LogP contribution in [-0.2, 0) is 12.6 Å². The third kappa shape index (κ3) is 4.96. The summed E-state index contributed by atoms with van der Waals surface area (Å²) in [6.07, 6.45) is -1.47. The molecular weight excluding hydrogens is 497 g/mol. The summed E-state index contributed by atoms with van der Waals surface area (Å²) < 4.78 is 71.2. The van der Waals surface area contributed by atoms with Gasteiger partial charge in [-0.2, -0.15) is 0 Å². The second kappa shape index (κ2) is 9.98. The molecule has 1 fully saturated rings. The molecule has 7 nitrogen and oxygen atoms in total. The number of aryl methyl sites for hydroxylation is 1. The minimum atomic E-state index is -3.04. The lowest BCUT2D eigenvalue weighted by molar-refractivity contribution is 0.0648. The number of imidazole rings is 1. The van der Waals surface area contributed by atoms with Crippen LogP contribution in [-0.4, -0.2) is 26.5 Å². The second-order valence-corrected chi connectivity index (χ2v) is 9.26. The summed E-state index contributed by atoms with van der Waals surface area (Å²) in [5, 5.41) is 5.60. The van der Waals surface area contributed by atoms with E-state index < -0.39 is 53.3 Å². The molecule has 1 aromatic carbocycles. The number of nitrogens with zero attached hydrogens (tertiary/aromatic N) is 3. The van der Waals surface area contributed by atoms with Gasteiger partial charge in [-0.15, -0.1) is 0 Å². The molecule has 2 atom stereocenters. The highest BCUT2D eigenvalue weighted by molar-refractivity contribution is 5.99. The Hall–Kier alpha value is -3.70. The number of pyridine rings is 1. The fourth-order valence-electron chi connectivity index (χ4n) is 4.39. The van der Waals surface area contributed by atoms with Gasteiger partial charge in [0, 0.05) is 24.9 Å². The molecule has 0 spiro atoms. The number of amides is 1. The molecule has 2 N–H and O–H groups in total. The van der Waals surface area contributed by atoms with Crippen molar-refractivity contribution in [1.82, 2.24) is 19.4 Å². The van der Waals surface area contributed by atoms with E-state index in [0.717, 1.165) is 28.6 Å². The summed E-state index contributed by atoms with van der Waals surface area (Å²) in [6.45, 7) is 3.17. The van der Waals surface area contributed by atoms with Gasteiger partial charge in [0.25, 0.3) is 24.3 Å². The highest BCUT2D eigenvalue weighted by Crippen LogP contribution is 2.48. The molecule has 1 amide bonds. The molecule has 12 heteroatoms. The van der Waals surface area contributed by atoms with Crippen LogP contribution < -0.4 is 16.2 Å². The van der Waals surface area contributed by atoms with E-state index in [9.17, 15) is 31.5 Å². The van der Waals surface area contributed by atoms with Gasteiger partial charge in [0.2, 0.25) is 0 Å². The number of benzene rings is 1. The smallest absolute Gasteiger partial charge is 0.266 e. The summed E-state index contributed by atoms with van der Waals surface area (Å²) in [5.74, 6) is -1.94. The molecule has 1 aliphatic carbocycles. The van der Waals surface area contributed by atoms with Crippen LogP contribution in [0.25, 0.3) is 0 Å². The van der Waals surface area contributed by atoms with Gasteiger partial charge in [0.05, 0.1) is 47.1 Å². The summed E-state index contributed by atoms with van der Waals surface area (Å²) in [4.78, 5) is 30.2. The zero-order valence-corrected chi connectivity index (χ0v) is 20.3. The molecule has 3 aromatic rings. The van der Waals surface area contributed by atoms with Crippen LogP contribution >= 0.6 is 0 Å².